The molecule has 1 heterocycles. The van der Waals surface area contributed by atoms with Crippen LogP contribution in [0.1, 0.15) is 22.5 Å². The number of nitrogens with zero attached hydrogens (tertiary/aromatic N) is 2. The van der Waals surface area contributed by atoms with Crippen LogP contribution >= 0.6 is 0 Å². The average Bonchev–Trinajstić information content (AvgIpc) is 3.06. The predicted molar refractivity (Wildman–Crippen MR) is 124 cm³/mol. The number of rotatable bonds is 6. The topological polar surface area (TPSA) is 93.9 Å². The molecule has 2 aromatic carbocycles. The first kappa shape index (κ1) is 22.6. The van der Waals surface area contributed by atoms with Crippen molar-refractivity contribution in [3.05, 3.63) is 71.0 Å². The number of aryl methyl sites for hydroxylation is 2. The maximum atomic E-state index is 12.3. The second-order valence-corrected chi connectivity index (χ2v) is 7.22. The molecule has 0 radical (unpaired) electrons. The molecule has 0 saturated carbocycles. The molecule has 0 bridgehead atoms. The van der Waals surface area contributed by atoms with Crippen LogP contribution in [0.3, 0.4) is 0 Å². The number of hydrogen-bond donors (Lipinski definition) is 2. The molecule has 8 nitrogen and oxygen atoms in total. The van der Waals surface area contributed by atoms with Crippen molar-refractivity contribution in [2.24, 2.45) is 5.10 Å². The Morgan fingerprint density at radius 1 is 0.969 bits per heavy atom. The molecule has 2 amide bonds. The van der Waals surface area contributed by atoms with E-state index in [9.17, 15) is 9.59 Å². The van der Waals surface area contributed by atoms with Crippen LogP contribution in [0.5, 0.6) is 11.5 Å². The van der Waals surface area contributed by atoms with Crippen LogP contribution in [0.25, 0.3) is 5.69 Å². The second kappa shape index (κ2) is 9.82. The number of ether oxygens (including phenoxy) is 2. The number of carbonyl (C=O) groups is 2. The van der Waals surface area contributed by atoms with Gasteiger partial charge in [-0.3, -0.25) is 9.59 Å². The number of hydrazone groups is 1. The van der Waals surface area contributed by atoms with Gasteiger partial charge in [-0.15, -0.1) is 0 Å². The van der Waals surface area contributed by atoms with Crippen molar-refractivity contribution in [3.63, 3.8) is 0 Å². The zero-order chi connectivity index (χ0) is 23.3. The van der Waals surface area contributed by atoms with E-state index in [0.717, 1.165) is 28.2 Å². The SMILES string of the molecule is COc1ccc(OC)c(NC(=O)C(=O)N/N=C\c2cc(C)n(-c3cccc(C)c3)c2C)c1. The standard InChI is InChI=1S/C24H26N4O4/c1-15-7-6-8-19(11-15)28-16(2)12-18(17(28)3)14-25-27-24(30)23(29)26-21-13-20(31-4)9-10-22(21)32-5/h6-14H,1-5H3,(H,26,29)(H,27,30)/b25-14-. The molecule has 0 aliphatic carbocycles. The first-order chi connectivity index (χ1) is 15.3. The summed E-state index contributed by atoms with van der Waals surface area (Å²) in [5, 5.41) is 6.45. The van der Waals surface area contributed by atoms with Crippen LogP contribution in [-0.2, 0) is 9.59 Å². The largest absolute Gasteiger partial charge is 0.497 e. The first-order valence-electron chi connectivity index (χ1n) is 9.96. The predicted octanol–water partition coefficient (Wildman–Crippen LogP) is 3.51. The third kappa shape index (κ3) is 4.97. The molecule has 0 atom stereocenters. The van der Waals surface area contributed by atoms with E-state index in [-0.39, 0.29) is 0 Å². The van der Waals surface area contributed by atoms with E-state index in [0.29, 0.717) is 17.2 Å². The molecular formula is C24H26N4O4. The molecule has 8 heteroatoms. The van der Waals surface area contributed by atoms with E-state index >= 15 is 0 Å². The highest BCUT2D eigenvalue weighted by atomic mass is 16.5. The first-order valence-corrected chi connectivity index (χ1v) is 9.96. The van der Waals surface area contributed by atoms with Crippen molar-refractivity contribution >= 4 is 23.7 Å². The molecule has 166 valence electrons. The molecule has 0 saturated heterocycles. The lowest BCUT2D eigenvalue weighted by molar-refractivity contribution is -0.136. The van der Waals surface area contributed by atoms with Gasteiger partial charge in [-0.25, -0.2) is 5.43 Å². The van der Waals surface area contributed by atoms with Crippen molar-refractivity contribution in [1.29, 1.82) is 0 Å². The van der Waals surface area contributed by atoms with Gasteiger partial charge in [0.15, 0.2) is 0 Å². The van der Waals surface area contributed by atoms with Crippen LogP contribution in [0.2, 0.25) is 0 Å². The van der Waals surface area contributed by atoms with Gasteiger partial charge in [0, 0.05) is 28.7 Å². The van der Waals surface area contributed by atoms with Crippen molar-refractivity contribution in [2.75, 3.05) is 19.5 Å². The fourth-order valence-corrected chi connectivity index (χ4v) is 3.38. The summed E-state index contributed by atoms with van der Waals surface area (Å²) < 4.78 is 12.4. The third-order valence-corrected chi connectivity index (χ3v) is 4.96. The van der Waals surface area contributed by atoms with Gasteiger partial charge >= 0.3 is 11.8 Å². The van der Waals surface area contributed by atoms with Gasteiger partial charge in [0.05, 0.1) is 26.1 Å². The highest BCUT2D eigenvalue weighted by Gasteiger charge is 2.16. The van der Waals surface area contributed by atoms with Gasteiger partial charge < -0.3 is 19.4 Å². The van der Waals surface area contributed by atoms with E-state index in [2.05, 4.69) is 26.5 Å². The van der Waals surface area contributed by atoms with Gasteiger partial charge in [0.1, 0.15) is 11.5 Å². The van der Waals surface area contributed by atoms with E-state index in [1.165, 1.54) is 20.4 Å². The summed E-state index contributed by atoms with van der Waals surface area (Å²) in [5.74, 6) is -0.861. The average molecular weight is 434 g/mol. The molecule has 0 spiro atoms. The zero-order valence-electron chi connectivity index (χ0n) is 18.7. The van der Waals surface area contributed by atoms with E-state index in [1.54, 1.807) is 18.2 Å². The van der Waals surface area contributed by atoms with E-state index < -0.39 is 11.8 Å². The number of carbonyl (C=O) groups excluding carboxylic acids is 2. The van der Waals surface area contributed by atoms with Crippen LogP contribution in [0, 0.1) is 20.8 Å². The normalized spacial score (nSPS) is 10.8. The Labute approximate surface area is 186 Å². The van der Waals surface area contributed by atoms with Crippen molar-refractivity contribution in [1.82, 2.24) is 9.99 Å². The van der Waals surface area contributed by atoms with Gasteiger partial charge in [0.2, 0.25) is 0 Å². The molecule has 0 aliphatic heterocycles. The molecular weight excluding hydrogens is 408 g/mol. The fourth-order valence-electron chi connectivity index (χ4n) is 3.38. The summed E-state index contributed by atoms with van der Waals surface area (Å²) in [5.41, 5.74) is 7.62. The van der Waals surface area contributed by atoms with Gasteiger partial charge in [-0.05, 0) is 56.7 Å². The summed E-state index contributed by atoms with van der Waals surface area (Å²) in [4.78, 5) is 24.5. The molecule has 1 aromatic heterocycles. The number of anilines is 1. The van der Waals surface area contributed by atoms with Crippen LogP contribution in [0.4, 0.5) is 5.69 Å². The quantitative estimate of drug-likeness (QED) is 0.353. The van der Waals surface area contributed by atoms with Gasteiger partial charge in [-0.1, -0.05) is 12.1 Å². The molecule has 2 N–H and O–H groups in total. The summed E-state index contributed by atoms with van der Waals surface area (Å²) in [7, 11) is 2.97. The minimum absolute atomic E-state index is 0.317. The number of methoxy groups -OCH3 is 2. The van der Waals surface area contributed by atoms with Gasteiger partial charge in [-0.2, -0.15) is 5.10 Å². The lowest BCUT2D eigenvalue weighted by Crippen LogP contribution is -2.32. The lowest BCUT2D eigenvalue weighted by atomic mass is 10.2. The van der Waals surface area contributed by atoms with Crippen molar-refractivity contribution in [3.8, 4) is 17.2 Å². The third-order valence-electron chi connectivity index (χ3n) is 4.96. The zero-order valence-corrected chi connectivity index (χ0v) is 18.7. The molecule has 3 rings (SSSR count). The number of aromatic nitrogens is 1. The Kier molecular flexibility index (Phi) is 6.94. The number of benzene rings is 2. The lowest BCUT2D eigenvalue weighted by Gasteiger charge is -2.11. The van der Waals surface area contributed by atoms with Crippen molar-refractivity contribution < 1.29 is 19.1 Å². The molecule has 0 fully saturated rings. The molecule has 32 heavy (non-hydrogen) atoms. The number of amides is 2. The van der Waals surface area contributed by atoms with Crippen molar-refractivity contribution in [2.45, 2.75) is 20.8 Å². The Morgan fingerprint density at radius 2 is 1.75 bits per heavy atom. The maximum absolute atomic E-state index is 12.3. The highest BCUT2D eigenvalue weighted by molar-refractivity contribution is 6.39. The van der Waals surface area contributed by atoms with Crippen LogP contribution in [0.15, 0.2) is 53.6 Å². The molecule has 0 unspecified atom stereocenters. The summed E-state index contributed by atoms with van der Waals surface area (Å²) >= 11 is 0. The summed E-state index contributed by atoms with van der Waals surface area (Å²) in [6, 6.07) is 15.0. The van der Waals surface area contributed by atoms with E-state index in [4.69, 9.17) is 9.47 Å². The maximum Gasteiger partial charge on any atom is 0.329 e. The minimum atomic E-state index is -0.904. The second-order valence-electron chi connectivity index (χ2n) is 7.22. The Hall–Kier alpha value is -4.07. The minimum Gasteiger partial charge on any atom is -0.497 e. The molecule has 0 aliphatic rings. The van der Waals surface area contributed by atoms with Crippen LogP contribution in [-0.4, -0.2) is 36.8 Å². The summed E-state index contributed by atoms with van der Waals surface area (Å²) in [6.07, 6.45) is 1.52. The summed E-state index contributed by atoms with van der Waals surface area (Å²) in [6.45, 7) is 6.02. The van der Waals surface area contributed by atoms with Gasteiger partial charge in [0.25, 0.3) is 0 Å². The fraction of sp³-hybridized carbons (Fsp3) is 0.208. The molecule has 3 aromatic rings. The van der Waals surface area contributed by atoms with E-state index in [1.807, 2.05) is 45.0 Å². The number of nitrogens with one attached hydrogen (secondary N) is 2. The Balaban J connectivity index is 1.70. The van der Waals surface area contributed by atoms with Crippen LogP contribution < -0.4 is 20.2 Å². The number of hydrogen-bond acceptors (Lipinski definition) is 5. The highest BCUT2D eigenvalue weighted by Crippen LogP contribution is 2.28. The Bertz CT molecular complexity index is 1180. The smallest absolute Gasteiger partial charge is 0.329 e. The Morgan fingerprint density at radius 3 is 2.44 bits per heavy atom. The monoisotopic (exact) mass is 434 g/mol.